The molecule has 0 radical (unpaired) electrons. The quantitative estimate of drug-likeness (QED) is 0.835. The molecule has 1 saturated heterocycles. The molecule has 1 N–H and O–H groups in total. The molecule has 0 aromatic rings. The van der Waals surface area contributed by atoms with E-state index < -0.39 is 0 Å². The predicted molar refractivity (Wildman–Crippen MR) is 88.1 cm³/mol. The van der Waals surface area contributed by atoms with Crippen LogP contribution in [0.15, 0.2) is 0 Å². The lowest BCUT2D eigenvalue weighted by Crippen LogP contribution is -2.53. The lowest BCUT2D eigenvalue weighted by molar-refractivity contribution is 0.0322. The first-order valence-corrected chi connectivity index (χ1v) is 8.88. The van der Waals surface area contributed by atoms with Crippen LogP contribution in [0.25, 0.3) is 0 Å². The van der Waals surface area contributed by atoms with Crippen LogP contribution in [0.2, 0.25) is 0 Å². The summed E-state index contributed by atoms with van der Waals surface area (Å²) < 4.78 is 0. The summed E-state index contributed by atoms with van der Waals surface area (Å²) in [6, 6.07) is 2.20. The maximum atomic E-state index is 3.73. The highest BCUT2D eigenvalue weighted by Gasteiger charge is 2.36. The Morgan fingerprint density at radius 2 is 1.95 bits per heavy atom. The van der Waals surface area contributed by atoms with Gasteiger partial charge in [-0.05, 0) is 63.8 Å². The van der Waals surface area contributed by atoms with Crippen LogP contribution in [0.5, 0.6) is 0 Å². The summed E-state index contributed by atoms with van der Waals surface area (Å²) in [5, 5.41) is 3.73. The molecule has 118 valence electrons. The SMILES string of the molecule is CC1CC(C)(C)CCC1N(CC1CCCCN1)C(C)C. The number of nitrogens with zero attached hydrogens (tertiary/aromatic N) is 1. The predicted octanol–water partition coefficient (Wildman–Crippen LogP) is 4.05. The number of hydrogen-bond acceptors (Lipinski definition) is 2. The lowest BCUT2D eigenvalue weighted by atomic mass is 9.70. The van der Waals surface area contributed by atoms with Crippen molar-refractivity contribution in [3.8, 4) is 0 Å². The summed E-state index contributed by atoms with van der Waals surface area (Å²) >= 11 is 0. The molecule has 2 rings (SSSR count). The Morgan fingerprint density at radius 1 is 1.20 bits per heavy atom. The van der Waals surface area contributed by atoms with E-state index in [0.29, 0.717) is 11.5 Å². The third kappa shape index (κ3) is 4.21. The molecule has 2 fully saturated rings. The summed E-state index contributed by atoms with van der Waals surface area (Å²) in [6.45, 7) is 14.6. The average Bonchev–Trinajstić information content (AvgIpc) is 2.37. The summed E-state index contributed by atoms with van der Waals surface area (Å²) in [5.74, 6) is 0.838. The van der Waals surface area contributed by atoms with Crippen LogP contribution in [0.1, 0.15) is 73.1 Å². The van der Waals surface area contributed by atoms with Gasteiger partial charge in [-0.2, -0.15) is 0 Å². The van der Waals surface area contributed by atoms with Crippen LogP contribution in [-0.2, 0) is 0 Å². The van der Waals surface area contributed by atoms with E-state index in [1.165, 1.54) is 51.6 Å². The smallest absolute Gasteiger partial charge is 0.0195 e. The van der Waals surface area contributed by atoms with E-state index in [4.69, 9.17) is 0 Å². The van der Waals surface area contributed by atoms with Gasteiger partial charge in [0.1, 0.15) is 0 Å². The van der Waals surface area contributed by atoms with E-state index in [1.54, 1.807) is 0 Å². The summed E-state index contributed by atoms with van der Waals surface area (Å²) in [5.41, 5.74) is 0.557. The fraction of sp³-hybridized carbons (Fsp3) is 1.00. The van der Waals surface area contributed by atoms with Crippen molar-refractivity contribution in [3.05, 3.63) is 0 Å². The van der Waals surface area contributed by atoms with E-state index >= 15 is 0 Å². The van der Waals surface area contributed by atoms with Crippen LogP contribution < -0.4 is 5.32 Å². The number of hydrogen-bond donors (Lipinski definition) is 1. The van der Waals surface area contributed by atoms with Crippen molar-refractivity contribution >= 4 is 0 Å². The monoisotopic (exact) mass is 280 g/mol. The normalized spacial score (nSPS) is 34.6. The second-order valence-corrected chi connectivity index (χ2v) is 8.39. The van der Waals surface area contributed by atoms with Crippen LogP contribution >= 0.6 is 0 Å². The maximum absolute atomic E-state index is 3.73. The molecule has 3 unspecified atom stereocenters. The van der Waals surface area contributed by atoms with Crippen molar-refractivity contribution in [2.75, 3.05) is 13.1 Å². The Labute approximate surface area is 126 Å². The molecule has 1 aliphatic carbocycles. The van der Waals surface area contributed by atoms with Crippen LogP contribution in [0.4, 0.5) is 0 Å². The standard InChI is InChI=1S/C18H36N2/c1-14(2)20(13-16-8-6-7-11-19-16)17-9-10-18(4,5)12-15(17)3/h14-17,19H,6-13H2,1-5H3. The summed E-state index contributed by atoms with van der Waals surface area (Å²) in [6.07, 6.45) is 8.32. The first kappa shape index (κ1) is 16.3. The largest absolute Gasteiger partial charge is 0.313 e. The van der Waals surface area contributed by atoms with Crippen molar-refractivity contribution in [2.24, 2.45) is 11.3 Å². The Hall–Kier alpha value is -0.0800. The molecule has 2 aliphatic rings. The van der Waals surface area contributed by atoms with E-state index in [9.17, 15) is 0 Å². The van der Waals surface area contributed by atoms with Crippen LogP contribution in [0.3, 0.4) is 0 Å². The average molecular weight is 280 g/mol. The van der Waals surface area contributed by atoms with Gasteiger partial charge in [0.05, 0.1) is 0 Å². The van der Waals surface area contributed by atoms with E-state index in [2.05, 4.69) is 44.8 Å². The zero-order chi connectivity index (χ0) is 14.8. The van der Waals surface area contributed by atoms with E-state index in [1.807, 2.05) is 0 Å². The van der Waals surface area contributed by atoms with Gasteiger partial charge in [0.2, 0.25) is 0 Å². The Morgan fingerprint density at radius 3 is 2.50 bits per heavy atom. The number of nitrogens with one attached hydrogen (secondary N) is 1. The van der Waals surface area contributed by atoms with E-state index in [-0.39, 0.29) is 0 Å². The van der Waals surface area contributed by atoms with E-state index in [0.717, 1.165) is 18.0 Å². The number of piperidine rings is 1. The van der Waals surface area contributed by atoms with Crippen LogP contribution in [-0.4, -0.2) is 36.1 Å². The highest BCUT2D eigenvalue weighted by atomic mass is 15.2. The van der Waals surface area contributed by atoms with Gasteiger partial charge in [-0.3, -0.25) is 4.90 Å². The Bertz CT molecular complexity index is 292. The third-order valence-electron chi connectivity index (χ3n) is 5.58. The van der Waals surface area contributed by atoms with Gasteiger partial charge in [-0.25, -0.2) is 0 Å². The van der Waals surface area contributed by atoms with Gasteiger partial charge >= 0.3 is 0 Å². The van der Waals surface area contributed by atoms with Crippen molar-refractivity contribution in [2.45, 2.75) is 91.3 Å². The van der Waals surface area contributed by atoms with Gasteiger partial charge in [-0.15, -0.1) is 0 Å². The fourth-order valence-corrected chi connectivity index (χ4v) is 4.49. The Balaban J connectivity index is 1.97. The first-order valence-electron chi connectivity index (χ1n) is 8.88. The van der Waals surface area contributed by atoms with Crippen molar-refractivity contribution in [1.82, 2.24) is 10.2 Å². The first-order chi connectivity index (χ1) is 9.39. The minimum Gasteiger partial charge on any atom is -0.313 e. The van der Waals surface area contributed by atoms with Gasteiger partial charge < -0.3 is 5.32 Å². The van der Waals surface area contributed by atoms with Crippen molar-refractivity contribution in [1.29, 1.82) is 0 Å². The molecule has 2 nitrogen and oxygen atoms in total. The van der Waals surface area contributed by atoms with Gasteiger partial charge in [0.15, 0.2) is 0 Å². The van der Waals surface area contributed by atoms with Crippen LogP contribution in [0, 0.1) is 11.3 Å². The molecule has 0 aromatic carbocycles. The molecule has 2 heteroatoms. The summed E-state index contributed by atoms with van der Waals surface area (Å²) in [4.78, 5) is 2.81. The van der Waals surface area contributed by atoms with Gasteiger partial charge in [-0.1, -0.05) is 27.2 Å². The van der Waals surface area contributed by atoms with Crippen molar-refractivity contribution < 1.29 is 0 Å². The molecule has 0 aromatic heterocycles. The molecule has 1 heterocycles. The van der Waals surface area contributed by atoms with Gasteiger partial charge in [0, 0.05) is 24.7 Å². The van der Waals surface area contributed by atoms with Crippen molar-refractivity contribution in [3.63, 3.8) is 0 Å². The highest BCUT2D eigenvalue weighted by Crippen LogP contribution is 2.41. The molecular weight excluding hydrogens is 244 g/mol. The minimum atomic E-state index is 0.557. The Kier molecular flexibility index (Phi) is 5.53. The molecule has 0 bridgehead atoms. The minimum absolute atomic E-state index is 0.557. The zero-order valence-electron chi connectivity index (χ0n) is 14.4. The topological polar surface area (TPSA) is 15.3 Å². The fourth-order valence-electron chi connectivity index (χ4n) is 4.49. The lowest BCUT2D eigenvalue weighted by Gasteiger charge is -2.47. The second-order valence-electron chi connectivity index (χ2n) is 8.39. The molecule has 3 atom stereocenters. The zero-order valence-corrected chi connectivity index (χ0v) is 14.4. The van der Waals surface area contributed by atoms with Gasteiger partial charge in [0.25, 0.3) is 0 Å². The molecule has 1 aliphatic heterocycles. The molecule has 0 amide bonds. The third-order valence-corrected chi connectivity index (χ3v) is 5.58. The molecule has 1 saturated carbocycles. The second kappa shape index (κ2) is 6.79. The molecular formula is C18H36N2. The summed E-state index contributed by atoms with van der Waals surface area (Å²) in [7, 11) is 0. The molecule has 20 heavy (non-hydrogen) atoms. The highest BCUT2D eigenvalue weighted by molar-refractivity contribution is 4.91. The number of rotatable bonds is 4. The molecule has 0 spiro atoms. The maximum Gasteiger partial charge on any atom is 0.0195 e.